The molecule has 0 radical (unpaired) electrons. The third-order valence-electron chi connectivity index (χ3n) is 3.65. The van der Waals surface area contributed by atoms with Crippen LogP contribution in [0.5, 0.6) is 0 Å². The third kappa shape index (κ3) is 2.92. The lowest BCUT2D eigenvalue weighted by atomic mass is 9.97. The molecular weight excluding hydrogens is 296 g/mol. The second kappa shape index (κ2) is 6.12. The van der Waals surface area contributed by atoms with Crippen LogP contribution < -0.4 is 11.1 Å². The SMILES string of the molecule is CC(c1ccccc1)c1[nH]nc(Nc2cccc(Cl)c2)c1N. The van der Waals surface area contributed by atoms with Crippen molar-refractivity contribution >= 4 is 28.8 Å². The van der Waals surface area contributed by atoms with Crippen molar-refractivity contribution in [2.45, 2.75) is 12.8 Å². The molecule has 0 saturated carbocycles. The van der Waals surface area contributed by atoms with Crippen LogP contribution in [0.25, 0.3) is 0 Å². The number of nitrogens with zero attached hydrogens (tertiary/aromatic N) is 1. The quantitative estimate of drug-likeness (QED) is 0.662. The largest absolute Gasteiger partial charge is 0.394 e. The first kappa shape index (κ1) is 14.5. The fourth-order valence-corrected chi connectivity index (χ4v) is 2.59. The third-order valence-corrected chi connectivity index (χ3v) is 3.89. The van der Waals surface area contributed by atoms with Crippen LogP contribution >= 0.6 is 11.6 Å². The number of aromatic amines is 1. The fraction of sp³-hybridized carbons (Fsp3) is 0.118. The Kier molecular flexibility index (Phi) is 4.02. The monoisotopic (exact) mass is 312 g/mol. The zero-order valence-corrected chi connectivity index (χ0v) is 12.9. The lowest BCUT2D eigenvalue weighted by Gasteiger charge is -2.11. The van der Waals surface area contributed by atoms with Gasteiger partial charge in [0.25, 0.3) is 0 Å². The van der Waals surface area contributed by atoms with Gasteiger partial charge in [-0.15, -0.1) is 0 Å². The average molecular weight is 313 g/mol. The summed E-state index contributed by atoms with van der Waals surface area (Å²) >= 11 is 5.99. The molecule has 2 aromatic carbocycles. The summed E-state index contributed by atoms with van der Waals surface area (Å²) < 4.78 is 0. The molecule has 3 rings (SSSR count). The van der Waals surface area contributed by atoms with E-state index in [4.69, 9.17) is 17.3 Å². The highest BCUT2D eigenvalue weighted by molar-refractivity contribution is 6.30. The molecule has 112 valence electrons. The first-order chi connectivity index (χ1) is 10.6. The second-order valence-electron chi connectivity index (χ2n) is 5.17. The van der Waals surface area contributed by atoms with Crippen molar-refractivity contribution in [3.05, 3.63) is 70.9 Å². The van der Waals surface area contributed by atoms with Crippen molar-refractivity contribution in [2.24, 2.45) is 0 Å². The molecule has 0 aliphatic carbocycles. The Bertz CT molecular complexity index is 767. The Morgan fingerprint density at radius 3 is 2.64 bits per heavy atom. The molecule has 1 atom stereocenters. The fourth-order valence-electron chi connectivity index (χ4n) is 2.40. The number of halogens is 1. The topological polar surface area (TPSA) is 66.7 Å². The number of nitrogen functional groups attached to an aromatic ring is 1. The van der Waals surface area contributed by atoms with Crippen LogP contribution in [-0.2, 0) is 0 Å². The number of hydrogen-bond acceptors (Lipinski definition) is 3. The lowest BCUT2D eigenvalue weighted by Crippen LogP contribution is -2.01. The van der Waals surface area contributed by atoms with Gasteiger partial charge in [0.1, 0.15) is 0 Å². The van der Waals surface area contributed by atoms with E-state index in [1.807, 2.05) is 42.5 Å². The number of nitrogens with one attached hydrogen (secondary N) is 2. The summed E-state index contributed by atoms with van der Waals surface area (Å²) in [5.74, 6) is 0.753. The van der Waals surface area contributed by atoms with Gasteiger partial charge in [-0.2, -0.15) is 5.10 Å². The van der Waals surface area contributed by atoms with Crippen LogP contribution in [0.1, 0.15) is 24.1 Å². The number of anilines is 3. The molecule has 0 bridgehead atoms. The molecule has 1 aromatic heterocycles. The summed E-state index contributed by atoms with van der Waals surface area (Å²) in [6.45, 7) is 2.10. The van der Waals surface area contributed by atoms with Crippen molar-refractivity contribution in [1.82, 2.24) is 10.2 Å². The number of hydrogen-bond donors (Lipinski definition) is 3. The minimum absolute atomic E-state index is 0.142. The summed E-state index contributed by atoms with van der Waals surface area (Å²) in [4.78, 5) is 0. The Morgan fingerprint density at radius 1 is 1.14 bits per heavy atom. The minimum Gasteiger partial charge on any atom is -0.394 e. The Hall–Kier alpha value is -2.46. The van der Waals surface area contributed by atoms with E-state index >= 15 is 0 Å². The predicted octanol–water partition coefficient (Wildman–Crippen LogP) is 4.54. The molecular formula is C17H17ClN4. The number of rotatable bonds is 4. The van der Waals surface area contributed by atoms with Gasteiger partial charge in [-0.05, 0) is 23.8 Å². The zero-order chi connectivity index (χ0) is 15.5. The van der Waals surface area contributed by atoms with Gasteiger partial charge in [-0.3, -0.25) is 5.10 Å². The van der Waals surface area contributed by atoms with Crippen LogP contribution in [-0.4, -0.2) is 10.2 Å². The minimum atomic E-state index is 0.142. The molecule has 4 N–H and O–H groups in total. The Morgan fingerprint density at radius 2 is 1.91 bits per heavy atom. The highest BCUT2D eigenvalue weighted by atomic mass is 35.5. The van der Waals surface area contributed by atoms with E-state index in [2.05, 4.69) is 34.6 Å². The standard InChI is InChI=1S/C17H17ClN4/c1-11(12-6-3-2-4-7-12)16-15(19)17(22-21-16)20-14-9-5-8-13(18)10-14/h2-11H,19H2,1H3,(H2,20,21,22). The summed E-state index contributed by atoms with van der Waals surface area (Å²) in [5, 5.41) is 11.2. The summed E-state index contributed by atoms with van der Waals surface area (Å²) in [6.07, 6.45) is 0. The van der Waals surface area contributed by atoms with Gasteiger partial charge in [0.15, 0.2) is 5.82 Å². The van der Waals surface area contributed by atoms with E-state index < -0.39 is 0 Å². The first-order valence-electron chi connectivity index (χ1n) is 7.06. The van der Waals surface area contributed by atoms with Gasteiger partial charge < -0.3 is 11.1 Å². The van der Waals surface area contributed by atoms with Gasteiger partial charge in [0, 0.05) is 16.6 Å². The number of aromatic nitrogens is 2. The van der Waals surface area contributed by atoms with Crippen molar-refractivity contribution in [2.75, 3.05) is 11.1 Å². The lowest BCUT2D eigenvalue weighted by molar-refractivity contribution is 0.856. The smallest absolute Gasteiger partial charge is 0.175 e. The van der Waals surface area contributed by atoms with E-state index in [1.165, 1.54) is 5.56 Å². The van der Waals surface area contributed by atoms with Crippen molar-refractivity contribution in [1.29, 1.82) is 0 Å². The van der Waals surface area contributed by atoms with Crippen LogP contribution in [0, 0.1) is 0 Å². The molecule has 5 heteroatoms. The molecule has 1 unspecified atom stereocenters. The molecule has 0 saturated heterocycles. The van der Waals surface area contributed by atoms with Gasteiger partial charge in [-0.25, -0.2) is 0 Å². The van der Waals surface area contributed by atoms with Gasteiger partial charge in [-0.1, -0.05) is 54.9 Å². The van der Waals surface area contributed by atoms with E-state index in [1.54, 1.807) is 0 Å². The molecule has 22 heavy (non-hydrogen) atoms. The first-order valence-corrected chi connectivity index (χ1v) is 7.44. The number of H-pyrrole nitrogens is 1. The molecule has 4 nitrogen and oxygen atoms in total. The molecule has 0 aliphatic heterocycles. The van der Waals surface area contributed by atoms with Crippen LogP contribution in [0.15, 0.2) is 54.6 Å². The average Bonchev–Trinajstić information content (AvgIpc) is 2.89. The van der Waals surface area contributed by atoms with Gasteiger partial charge in [0.05, 0.1) is 11.4 Å². The summed E-state index contributed by atoms with van der Waals surface area (Å²) in [5.41, 5.74) is 9.80. The number of nitrogens with two attached hydrogens (primary N) is 1. The molecule has 0 aliphatic rings. The molecule has 0 amide bonds. The Balaban J connectivity index is 1.86. The summed E-state index contributed by atoms with van der Waals surface area (Å²) in [6, 6.07) is 17.6. The molecule has 0 fully saturated rings. The normalized spacial score (nSPS) is 12.1. The van der Waals surface area contributed by atoms with Crippen LogP contribution in [0.4, 0.5) is 17.2 Å². The molecule has 0 spiro atoms. The van der Waals surface area contributed by atoms with Crippen molar-refractivity contribution in [3.63, 3.8) is 0 Å². The van der Waals surface area contributed by atoms with Crippen LogP contribution in [0.3, 0.4) is 0 Å². The second-order valence-corrected chi connectivity index (χ2v) is 5.60. The van der Waals surface area contributed by atoms with E-state index in [0.717, 1.165) is 11.4 Å². The van der Waals surface area contributed by atoms with Crippen LogP contribution in [0.2, 0.25) is 5.02 Å². The predicted molar refractivity (Wildman–Crippen MR) is 91.7 cm³/mol. The van der Waals surface area contributed by atoms with Crippen molar-refractivity contribution in [3.8, 4) is 0 Å². The van der Waals surface area contributed by atoms with Gasteiger partial charge in [0.2, 0.25) is 0 Å². The molecule has 3 aromatic rings. The highest BCUT2D eigenvalue weighted by Gasteiger charge is 2.17. The van der Waals surface area contributed by atoms with Gasteiger partial charge >= 0.3 is 0 Å². The molecule has 1 heterocycles. The summed E-state index contributed by atoms with van der Waals surface area (Å²) in [7, 11) is 0. The van der Waals surface area contributed by atoms with E-state index in [-0.39, 0.29) is 5.92 Å². The maximum atomic E-state index is 6.24. The van der Waals surface area contributed by atoms with Crippen molar-refractivity contribution < 1.29 is 0 Å². The number of benzene rings is 2. The van der Waals surface area contributed by atoms with E-state index in [0.29, 0.717) is 16.5 Å². The maximum absolute atomic E-state index is 6.24. The Labute approximate surface area is 134 Å². The van der Waals surface area contributed by atoms with E-state index in [9.17, 15) is 0 Å². The maximum Gasteiger partial charge on any atom is 0.175 e. The highest BCUT2D eigenvalue weighted by Crippen LogP contribution is 2.32. The zero-order valence-electron chi connectivity index (χ0n) is 12.2.